The summed E-state index contributed by atoms with van der Waals surface area (Å²) in [6.45, 7) is 3.37. The Bertz CT molecular complexity index is 533. The number of aryl methyl sites for hydroxylation is 1. The second kappa shape index (κ2) is 5.79. The number of ether oxygens (including phenoxy) is 1. The van der Waals surface area contributed by atoms with Crippen LogP contribution in [0.2, 0.25) is 0 Å². The number of methoxy groups -OCH3 is 1. The quantitative estimate of drug-likeness (QED) is 0.810. The number of thiazole rings is 1. The van der Waals surface area contributed by atoms with Crippen LogP contribution in [0.25, 0.3) is 0 Å². The van der Waals surface area contributed by atoms with Gasteiger partial charge >= 0.3 is 5.97 Å². The molecule has 0 aromatic carbocycles. The molecular weight excluding hydrogens is 250 g/mol. The predicted octanol–water partition coefficient (Wildman–Crippen LogP) is 1.86. The van der Waals surface area contributed by atoms with Gasteiger partial charge < -0.3 is 15.0 Å². The predicted molar refractivity (Wildman–Crippen MR) is 69.5 cm³/mol. The van der Waals surface area contributed by atoms with Gasteiger partial charge in [0.2, 0.25) is 0 Å². The lowest BCUT2D eigenvalue weighted by atomic mass is 10.4. The van der Waals surface area contributed by atoms with Crippen molar-refractivity contribution in [3.63, 3.8) is 0 Å². The second-order valence-corrected chi connectivity index (χ2v) is 4.91. The fourth-order valence-corrected chi connectivity index (χ4v) is 2.20. The molecule has 2 heterocycles. The van der Waals surface area contributed by atoms with E-state index in [0.717, 1.165) is 22.9 Å². The molecule has 0 spiro atoms. The van der Waals surface area contributed by atoms with Gasteiger partial charge in [-0.1, -0.05) is 0 Å². The normalized spacial score (nSPS) is 10.6. The second-order valence-electron chi connectivity index (χ2n) is 3.85. The summed E-state index contributed by atoms with van der Waals surface area (Å²) < 4.78 is 4.63. The molecule has 2 aromatic heterocycles. The van der Waals surface area contributed by atoms with Crippen LogP contribution >= 0.6 is 11.3 Å². The highest BCUT2D eigenvalue weighted by atomic mass is 32.1. The van der Waals surface area contributed by atoms with E-state index in [0.29, 0.717) is 12.2 Å². The van der Waals surface area contributed by atoms with Crippen LogP contribution in [-0.2, 0) is 17.8 Å². The van der Waals surface area contributed by atoms with Gasteiger partial charge in [-0.15, -0.1) is 11.3 Å². The van der Waals surface area contributed by atoms with Crippen LogP contribution in [0, 0.1) is 6.92 Å². The van der Waals surface area contributed by atoms with Gasteiger partial charge in [-0.2, -0.15) is 0 Å². The monoisotopic (exact) mass is 265 g/mol. The molecule has 0 atom stereocenters. The maximum atomic E-state index is 11.2. The van der Waals surface area contributed by atoms with E-state index in [1.807, 2.05) is 18.4 Å². The molecule has 0 amide bonds. The Kier molecular flexibility index (Phi) is 4.11. The van der Waals surface area contributed by atoms with Crippen LogP contribution in [0.1, 0.15) is 26.9 Å². The third-order valence-corrected chi connectivity index (χ3v) is 3.26. The summed E-state index contributed by atoms with van der Waals surface area (Å²) in [6, 6.07) is 3.58. The smallest absolute Gasteiger partial charge is 0.354 e. The Morgan fingerprint density at radius 3 is 3.00 bits per heavy atom. The van der Waals surface area contributed by atoms with Gasteiger partial charge in [0.1, 0.15) is 5.69 Å². The van der Waals surface area contributed by atoms with Gasteiger partial charge in [0.15, 0.2) is 0 Å². The molecule has 0 saturated heterocycles. The van der Waals surface area contributed by atoms with Crippen molar-refractivity contribution in [3.05, 3.63) is 39.6 Å². The molecule has 2 aromatic rings. The summed E-state index contributed by atoms with van der Waals surface area (Å²) in [6.07, 6.45) is 0. The maximum Gasteiger partial charge on any atom is 0.354 e. The molecule has 0 aliphatic carbocycles. The average Bonchev–Trinajstić information content (AvgIpc) is 2.98. The van der Waals surface area contributed by atoms with E-state index >= 15 is 0 Å². The third-order valence-electron chi connectivity index (χ3n) is 2.44. The SMILES string of the molecule is COC(=O)c1ccc(CNCc2csc(C)n2)[nH]1. The van der Waals surface area contributed by atoms with Crippen molar-refractivity contribution in [3.8, 4) is 0 Å². The average molecular weight is 265 g/mol. The number of hydrogen-bond donors (Lipinski definition) is 2. The fraction of sp³-hybridized carbons (Fsp3) is 0.333. The van der Waals surface area contributed by atoms with Crippen LogP contribution < -0.4 is 5.32 Å². The summed E-state index contributed by atoms with van der Waals surface area (Å²) in [5.41, 5.74) is 2.46. The van der Waals surface area contributed by atoms with Gasteiger partial charge in [-0.3, -0.25) is 0 Å². The van der Waals surface area contributed by atoms with Crippen molar-refractivity contribution < 1.29 is 9.53 Å². The highest BCUT2D eigenvalue weighted by Crippen LogP contribution is 2.08. The van der Waals surface area contributed by atoms with Crippen molar-refractivity contribution in [1.82, 2.24) is 15.3 Å². The van der Waals surface area contributed by atoms with Crippen molar-refractivity contribution >= 4 is 17.3 Å². The van der Waals surface area contributed by atoms with Crippen molar-refractivity contribution in [2.45, 2.75) is 20.0 Å². The molecule has 5 nitrogen and oxygen atoms in total. The molecule has 0 aliphatic heterocycles. The topological polar surface area (TPSA) is 67.0 Å². The van der Waals surface area contributed by atoms with Crippen molar-refractivity contribution in [2.75, 3.05) is 7.11 Å². The Morgan fingerprint density at radius 1 is 1.50 bits per heavy atom. The standard InChI is InChI=1S/C12H15N3O2S/c1-8-14-10(7-18-8)6-13-5-9-3-4-11(15-9)12(16)17-2/h3-4,7,13,15H,5-6H2,1-2H3. The first-order valence-corrected chi connectivity index (χ1v) is 6.45. The summed E-state index contributed by atoms with van der Waals surface area (Å²) in [4.78, 5) is 18.6. The van der Waals surface area contributed by atoms with Crippen LogP contribution in [0.15, 0.2) is 17.5 Å². The molecule has 0 fully saturated rings. The highest BCUT2D eigenvalue weighted by molar-refractivity contribution is 7.09. The number of carbonyl (C=O) groups is 1. The fourth-order valence-electron chi connectivity index (χ4n) is 1.59. The lowest BCUT2D eigenvalue weighted by Crippen LogP contribution is -2.13. The zero-order valence-corrected chi connectivity index (χ0v) is 11.1. The Morgan fingerprint density at radius 2 is 2.33 bits per heavy atom. The maximum absolute atomic E-state index is 11.2. The number of hydrogen-bond acceptors (Lipinski definition) is 5. The Labute approximate surface area is 109 Å². The summed E-state index contributed by atoms with van der Waals surface area (Å²) >= 11 is 1.64. The first kappa shape index (κ1) is 12.8. The minimum absolute atomic E-state index is 0.351. The van der Waals surface area contributed by atoms with Crippen molar-refractivity contribution in [1.29, 1.82) is 0 Å². The Hall–Kier alpha value is -1.66. The molecule has 0 aliphatic rings. The minimum Gasteiger partial charge on any atom is -0.464 e. The molecule has 2 rings (SSSR count). The summed E-state index contributed by atoms with van der Waals surface area (Å²) in [7, 11) is 1.37. The van der Waals surface area contributed by atoms with E-state index < -0.39 is 0 Å². The van der Waals surface area contributed by atoms with E-state index in [9.17, 15) is 4.79 Å². The molecular formula is C12H15N3O2S. The number of nitrogens with one attached hydrogen (secondary N) is 2. The van der Waals surface area contributed by atoms with Gasteiger partial charge in [-0.05, 0) is 19.1 Å². The third kappa shape index (κ3) is 3.18. The zero-order valence-electron chi connectivity index (χ0n) is 10.3. The summed E-state index contributed by atoms with van der Waals surface area (Å²) in [5.74, 6) is -0.351. The lowest BCUT2D eigenvalue weighted by Gasteiger charge is -2.00. The van der Waals surface area contributed by atoms with Crippen LogP contribution in [0.4, 0.5) is 0 Å². The van der Waals surface area contributed by atoms with Crippen molar-refractivity contribution in [2.24, 2.45) is 0 Å². The molecule has 96 valence electrons. The number of H-pyrrole nitrogens is 1. The Balaban J connectivity index is 1.83. The largest absolute Gasteiger partial charge is 0.464 e. The number of rotatable bonds is 5. The molecule has 0 bridgehead atoms. The van der Waals surface area contributed by atoms with Gasteiger partial charge in [0, 0.05) is 24.2 Å². The van der Waals surface area contributed by atoms with Crippen LogP contribution in [0.3, 0.4) is 0 Å². The van der Waals surface area contributed by atoms with E-state index in [1.54, 1.807) is 17.4 Å². The molecule has 0 unspecified atom stereocenters. The first-order chi connectivity index (χ1) is 8.69. The van der Waals surface area contributed by atoms with Gasteiger partial charge in [0.25, 0.3) is 0 Å². The van der Waals surface area contributed by atoms with E-state index in [-0.39, 0.29) is 5.97 Å². The molecule has 6 heteroatoms. The first-order valence-electron chi connectivity index (χ1n) is 5.57. The van der Waals surface area contributed by atoms with E-state index in [1.165, 1.54) is 7.11 Å². The molecule has 0 radical (unpaired) electrons. The number of esters is 1. The number of nitrogens with zero attached hydrogens (tertiary/aromatic N) is 1. The molecule has 2 N–H and O–H groups in total. The number of aromatic nitrogens is 2. The molecule has 18 heavy (non-hydrogen) atoms. The van der Waals surface area contributed by atoms with E-state index in [4.69, 9.17) is 0 Å². The molecule has 0 saturated carbocycles. The van der Waals surface area contributed by atoms with E-state index in [2.05, 4.69) is 20.0 Å². The minimum atomic E-state index is -0.351. The zero-order chi connectivity index (χ0) is 13.0. The lowest BCUT2D eigenvalue weighted by molar-refractivity contribution is 0.0594. The number of carbonyl (C=O) groups excluding carboxylic acids is 1. The van der Waals surface area contributed by atoms with Gasteiger partial charge in [0.05, 0.1) is 17.8 Å². The van der Waals surface area contributed by atoms with Crippen LogP contribution in [-0.4, -0.2) is 23.0 Å². The van der Waals surface area contributed by atoms with Gasteiger partial charge in [-0.25, -0.2) is 9.78 Å². The summed E-state index contributed by atoms with van der Waals surface area (Å²) in [5, 5.41) is 6.37. The highest BCUT2D eigenvalue weighted by Gasteiger charge is 2.07. The number of aromatic amines is 1. The van der Waals surface area contributed by atoms with Crippen LogP contribution in [0.5, 0.6) is 0 Å².